The summed E-state index contributed by atoms with van der Waals surface area (Å²) in [5.41, 5.74) is 0.0574. The Hall–Kier alpha value is -1.40. The lowest BCUT2D eigenvalue weighted by Crippen LogP contribution is -2.43. The number of benzene rings is 1. The largest absolute Gasteiger partial charge is 0.459 e. The second-order valence-electron chi connectivity index (χ2n) is 8.28. The van der Waals surface area contributed by atoms with Crippen molar-refractivity contribution < 1.29 is 17.9 Å². The van der Waals surface area contributed by atoms with E-state index in [1.165, 1.54) is 4.31 Å². The van der Waals surface area contributed by atoms with Gasteiger partial charge in [0.25, 0.3) is 0 Å². The molecule has 134 valence electrons. The Balaban J connectivity index is 2.37. The van der Waals surface area contributed by atoms with Crippen molar-refractivity contribution in [2.75, 3.05) is 6.54 Å². The molecule has 0 bridgehead atoms. The maximum absolute atomic E-state index is 13.0. The van der Waals surface area contributed by atoms with E-state index in [0.717, 1.165) is 5.56 Å². The summed E-state index contributed by atoms with van der Waals surface area (Å²) in [7, 11) is -3.74. The van der Waals surface area contributed by atoms with Crippen LogP contribution in [0.5, 0.6) is 0 Å². The SMILES string of the molecule is Cc1ccc(S(=O)(=O)N2CC(C)(C)C[C@H]2C(=O)OC(C)(C)C)cc1. The van der Waals surface area contributed by atoms with E-state index in [1.54, 1.807) is 45.0 Å². The Labute approximate surface area is 145 Å². The zero-order valence-electron chi connectivity index (χ0n) is 15.3. The van der Waals surface area contributed by atoms with Crippen LogP contribution in [-0.4, -0.2) is 36.9 Å². The first-order valence-corrected chi connectivity index (χ1v) is 9.57. The molecule has 0 spiro atoms. The highest BCUT2D eigenvalue weighted by Gasteiger charge is 2.48. The number of ether oxygens (including phenoxy) is 1. The van der Waals surface area contributed by atoms with Gasteiger partial charge in [-0.3, -0.25) is 4.79 Å². The molecule has 1 atom stereocenters. The molecule has 0 N–H and O–H groups in total. The molecular weight excluding hydrogens is 326 g/mol. The summed E-state index contributed by atoms with van der Waals surface area (Å²) in [4.78, 5) is 12.8. The molecular formula is C18H27NO4S. The number of nitrogens with zero attached hydrogens (tertiary/aromatic N) is 1. The van der Waals surface area contributed by atoms with Crippen LogP contribution < -0.4 is 0 Å². The van der Waals surface area contributed by atoms with Gasteiger partial charge in [0.2, 0.25) is 10.0 Å². The van der Waals surface area contributed by atoms with E-state index in [1.807, 2.05) is 20.8 Å². The summed E-state index contributed by atoms with van der Waals surface area (Å²) >= 11 is 0. The lowest BCUT2D eigenvalue weighted by atomic mass is 9.91. The summed E-state index contributed by atoms with van der Waals surface area (Å²) in [5.74, 6) is -0.483. The predicted octanol–water partition coefficient (Wildman–Crippen LogP) is 3.13. The van der Waals surface area contributed by atoms with Gasteiger partial charge >= 0.3 is 5.97 Å². The first-order chi connectivity index (χ1) is 10.8. The predicted molar refractivity (Wildman–Crippen MR) is 93.1 cm³/mol. The third kappa shape index (κ3) is 4.16. The van der Waals surface area contributed by atoms with Crippen LogP contribution in [0.15, 0.2) is 29.2 Å². The van der Waals surface area contributed by atoms with Crippen molar-refractivity contribution in [1.82, 2.24) is 4.31 Å². The van der Waals surface area contributed by atoms with E-state index in [2.05, 4.69) is 0 Å². The van der Waals surface area contributed by atoms with Gasteiger partial charge in [-0.1, -0.05) is 31.5 Å². The molecule has 1 aliphatic heterocycles. The molecule has 2 rings (SSSR count). The van der Waals surface area contributed by atoms with Gasteiger partial charge < -0.3 is 4.74 Å². The van der Waals surface area contributed by atoms with Crippen molar-refractivity contribution in [2.24, 2.45) is 5.41 Å². The summed E-state index contributed by atoms with van der Waals surface area (Å²) in [6.07, 6.45) is 0.451. The zero-order valence-corrected chi connectivity index (χ0v) is 16.1. The topological polar surface area (TPSA) is 63.7 Å². The highest BCUT2D eigenvalue weighted by molar-refractivity contribution is 7.89. The van der Waals surface area contributed by atoms with Gasteiger partial charge in [-0.05, 0) is 51.7 Å². The summed E-state index contributed by atoms with van der Waals surface area (Å²) in [5, 5.41) is 0. The molecule has 1 aliphatic rings. The molecule has 1 aromatic rings. The Morgan fingerprint density at radius 1 is 1.21 bits per heavy atom. The molecule has 1 fully saturated rings. The second-order valence-corrected chi connectivity index (χ2v) is 10.2. The average molecular weight is 353 g/mol. The Bertz CT molecular complexity index is 714. The van der Waals surface area contributed by atoms with Crippen LogP contribution in [0, 0.1) is 12.3 Å². The molecule has 6 heteroatoms. The molecule has 1 saturated heterocycles. The molecule has 0 aliphatic carbocycles. The van der Waals surface area contributed by atoms with Gasteiger partial charge in [0.05, 0.1) is 4.90 Å². The fourth-order valence-corrected chi connectivity index (χ4v) is 4.66. The first kappa shape index (κ1) is 18.9. The normalized spacial score (nSPS) is 21.7. The number of carbonyl (C=O) groups is 1. The number of aryl methyl sites for hydroxylation is 1. The lowest BCUT2D eigenvalue weighted by molar-refractivity contribution is -0.158. The van der Waals surface area contributed by atoms with Crippen molar-refractivity contribution in [1.29, 1.82) is 0 Å². The smallest absolute Gasteiger partial charge is 0.325 e. The third-order valence-corrected chi connectivity index (χ3v) is 5.85. The van der Waals surface area contributed by atoms with Gasteiger partial charge in [-0.15, -0.1) is 0 Å². The second kappa shape index (κ2) is 6.15. The van der Waals surface area contributed by atoms with E-state index in [4.69, 9.17) is 4.74 Å². The summed E-state index contributed by atoms with van der Waals surface area (Å²) in [6, 6.07) is 5.91. The van der Waals surface area contributed by atoms with Gasteiger partial charge in [-0.2, -0.15) is 4.31 Å². The van der Waals surface area contributed by atoms with Crippen molar-refractivity contribution in [3.63, 3.8) is 0 Å². The van der Waals surface area contributed by atoms with Gasteiger partial charge in [-0.25, -0.2) is 8.42 Å². The van der Waals surface area contributed by atoms with Crippen LogP contribution in [0.2, 0.25) is 0 Å². The number of carbonyl (C=O) groups excluding carboxylic acids is 1. The Morgan fingerprint density at radius 3 is 2.25 bits per heavy atom. The summed E-state index contributed by atoms with van der Waals surface area (Å²) in [6.45, 7) is 11.5. The van der Waals surface area contributed by atoms with Crippen molar-refractivity contribution >= 4 is 16.0 Å². The number of hydrogen-bond donors (Lipinski definition) is 0. The molecule has 0 unspecified atom stereocenters. The monoisotopic (exact) mass is 353 g/mol. The lowest BCUT2D eigenvalue weighted by Gasteiger charge is -2.27. The van der Waals surface area contributed by atoms with Crippen molar-refractivity contribution in [3.05, 3.63) is 29.8 Å². The number of rotatable bonds is 3. The highest BCUT2D eigenvalue weighted by Crippen LogP contribution is 2.38. The molecule has 0 saturated carbocycles. The van der Waals surface area contributed by atoms with Gasteiger partial charge in [0.1, 0.15) is 11.6 Å². The summed E-state index contributed by atoms with van der Waals surface area (Å²) < 4.78 is 32.8. The van der Waals surface area contributed by atoms with Gasteiger partial charge in [0, 0.05) is 6.54 Å². The standard InChI is InChI=1S/C18H27NO4S/c1-13-7-9-14(10-8-13)24(21,22)19-12-18(5,6)11-15(19)16(20)23-17(2,3)4/h7-10,15H,11-12H2,1-6H3/t15-/m0/s1. The van der Waals surface area contributed by atoms with E-state index in [0.29, 0.717) is 13.0 Å². The minimum Gasteiger partial charge on any atom is -0.459 e. The van der Waals surface area contributed by atoms with E-state index in [-0.39, 0.29) is 10.3 Å². The van der Waals surface area contributed by atoms with Crippen molar-refractivity contribution in [3.8, 4) is 0 Å². The zero-order chi connectivity index (χ0) is 18.3. The fraction of sp³-hybridized carbons (Fsp3) is 0.611. The maximum atomic E-state index is 13.0. The third-order valence-electron chi connectivity index (χ3n) is 3.98. The molecule has 0 aromatic heterocycles. The quantitative estimate of drug-likeness (QED) is 0.783. The molecule has 0 radical (unpaired) electrons. The molecule has 1 aromatic carbocycles. The van der Waals surface area contributed by atoms with Crippen LogP contribution in [0.1, 0.15) is 46.6 Å². The highest BCUT2D eigenvalue weighted by atomic mass is 32.2. The van der Waals surface area contributed by atoms with Crippen LogP contribution in [0.25, 0.3) is 0 Å². The molecule has 0 amide bonds. The maximum Gasteiger partial charge on any atom is 0.325 e. The molecule has 24 heavy (non-hydrogen) atoms. The van der Waals surface area contributed by atoms with Crippen LogP contribution in [-0.2, 0) is 19.6 Å². The Morgan fingerprint density at radius 2 is 1.75 bits per heavy atom. The molecule has 5 nitrogen and oxygen atoms in total. The number of hydrogen-bond acceptors (Lipinski definition) is 4. The van der Waals surface area contributed by atoms with E-state index >= 15 is 0 Å². The first-order valence-electron chi connectivity index (χ1n) is 8.13. The minimum absolute atomic E-state index is 0.208. The van der Waals surface area contributed by atoms with E-state index < -0.39 is 27.6 Å². The van der Waals surface area contributed by atoms with Gasteiger partial charge in [0.15, 0.2) is 0 Å². The van der Waals surface area contributed by atoms with E-state index in [9.17, 15) is 13.2 Å². The Kier molecular flexibility index (Phi) is 4.85. The van der Waals surface area contributed by atoms with Crippen LogP contribution >= 0.6 is 0 Å². The minimum atomic E-state index is -3.74. The molecule has 1 heterocycles. The average Bonchev–Trinajstić information content (AvgIpc) is 2.74. The van der Waals surface area contributed by atoms with Crippen LogP contribution in [0.4, 0.5) is 0 Å². The number of esters is 1. The number of sulfonamides is 1. The van der Waals surface area contributed by atoms with Crippen molar-refractivity contribution in [2.45, 2.75) is 64.5 Å². The fourth-order valence-electron chi connectivity index (χ4n) is 2.89. The van der Waals surface area contributed by atoms with Crippen LogP contribution in [0.3, 0.4) is 0 Å².